The van der Waals surface area contributed by atoms with Gasteiger partial charge in [0.05, 0.1) is 6.54 Å². The Morgan fingerprint density at radius 2 is 1.96 bits per heavy atom. The average molecular weight is 344 g/mol. The molecular weight excluding hydrogens is 320 g/mol. The molecule has 1 aliphatic heterocycles. The lowest BCUT2D eigenvalue weighted by molar-refractivity contribution is 0.187. The number of hydrogen-bond donors (Lipinski definition) is 1. The van der Waals surface area contributed by atoms with Gasteiger partial charge in [0.15, 0.2) is 0 Å². The van der Waals surface area contributed by atoms with Crippen molar-refractivity contribution >= 4 is 23.7 Å². The molecule has 0 spiro atoms. The Morgan fingerprint density at radius 1 is 1.21 bits per heavy atom. The molecule has 2 N–H and O–H groups in total. The van der Waals surface area contributed by atoms with E-state index in [0.29, 0.717) is 23.8 Å². The molecule has 0 amide bonds. The highest BCUT2D eigenvalue weighted by molar-refractivity contribution is 8.00. The number of thioether (sulfide) groups is 1. The zero-order valence-corrected chi connectivity index (χ0v) is 15.2. The quantitative estimate of drug-likeness (QED) is 0.911. The maximum atomic E-state index is 5.86. The highest BCUT2D eigenvalue weighted by Crippen LogP contribution is 2.36. The first kappa shape index (κ1) is 17.0. The van der Waals surface area contributed by atoms with Crippen LogP contribution < -0.4 is 10.6 Å². The monoisotopic (exact) mass is 344 g/mol. The Hall–Kier alpha value is -1.86. The Kier molecular flexibility index (Phi) is 5.20. The van der Waals surface area contributed by atoms with E-state index in [-0.39, 0.29) is 5.95 Å². The summed E-state index contributed by atoms with van der Waals surface area (Å²) in [6.45, 7) is 3.98. The number of nitrogens with two attached hydrogens (primary N) is 1. The van der Waals surface area contributed by atoms with Gasteiger partial charge in [-0.15, -0.1) is 0 Å². The van der Waals surface area contributed by atoms with Gasteiger partial charge in [-0.05, 0) is 5.56 Å². The van der Waals surface area contributed by atoms with E-state index in [1.54, 1.807) is 0 Å². The van der Waals surface area contributed by atoms with Crippen LogP contribution in [-0.2, 0) is 6.54 Å². The highest BCUT2D eigenvalue weighted by Gasteiger charge is 2.31. The van der Waals surface area contributed by atoms with Crippen molar-refractivity contribution in [3.8, 4) is 0 Å². The van der Waals surface area contributed by atoms with Gasteiger partial charge in [0.25, 0.3) is 0 Å². The number of rotatable bonds is 4. The minimum absolute atomic E-state index is 0.277. The molecule has 2 aromatic rings. The maximum absolute atomic E-state index is 5.86. The van der Waals surface area contributed by atoms with Crippen LogP contribution in [0.15, 0.2) is 30.3 Å². The van der Waals surface area contributed by atoms with E-state index >= 15 is 0 Å². The van der Waals surface area contributed by atoms with Gasteiger partial charge in [-0.1, -0.05) is 37.3 Å². The molecule has 0 bridgehead atoms. The lowest BCUT2D eigenvalue weighted by Gasteiger charge is -2.39. The van der Waals surface area contributed by atoms with Crippen molar-refractivity contribution in [1.29, 1.82) is 0 Å². The first-order chi connectivity index (χ1) is 11.5. The van der Waals surface area contributed by atoms with Crippen LogP contribution in [0.5, 0.6) is 0 Å². The third-order valence-corrected chi connectivity index (χ3v) is 5.37. The molecule has 0 unspecified atom stereocenters. The Balaban J connectivity index is 1.87. The second-order valence-electron chi connectivity index (χ2n) is 6.21. The van der Waals surface area contributed by atoms with Gasteiger partial charge in [0, 0.05) is 37.7 Å². The van der Waals surface area contributed by atoms with Gasteiger partial charge < -0.3 is 10.6 Å². The fourth-order valence-corrected chi connectivity index (χ4v) is 4.29. The first-order valence-corrected chi connectivity index (χ1v) is 9.18. The number of hydrogen-bond acceptors (Lipinski definition) is 7. The zero-order valence-electron chi connectivity index (χ0n) is 14.4. The third kappa shape index (κ3) is 3.79. The van der Waals surface area contributed by atoms with Crippen LogP contribution in [0.1, 0.15) is 24.4 Å². The second kappa shape index (κ2) is 7.36. The molecule has 0 radical (unpaired) electrons. The van der Waals surface area contributed by atoms with Crippen LogP contribution in [0.2, 0.25) is 0 Å². The van der Waals surface area contributed by atoms with Gasteiger partial charge in [-0.25, -0.2) is 0 Å². The summed E-state index contributed by atoms with van der Waals surface area (Å²) in [7, 11) is 3.82. The van der Waals surface area contributed by atoms with E-state index < -0.39 is 0 Å². The van der Waals surface area contributed by atoms with E-state index in [9.17, 15) is 0 Å². The predicted molar refractivity (Wildman–Crippen MR) is 100 cm³/mol. The summed E-state index contributed by atoms with van der Waals surface area (Å²) in [5.41, 5.74) is 7.20. The second-order valence-corrected chi connectivity index (χ2v) is 7.69. The molecule has 1 fully saturated rings. The zero-order chi connectivity index (χ0) is 17.1. The largest absolute Gasteiger partial charge is 0.368 e. The minimum Gasteiger partial charge on any atom is -0.368 e. The maximum Gasteiger partial charge on any atom is 0.229 e. The molecule has 1 aromatic carbocycles. The summed E-state index contributed by atoms with van der Waals surface area (Å²) >= 11 is 2.02. The Bertz CT molecular complexity index is 678. The molecule has 0 saturated carbocycles. The normalized spacial score (nSPS) is 21.6. The fraction of sp³-hybridized carbons (Fsp3) is 0.471. The van der Waals surface area contributed by atoms with Crippen molar-refractivity contribution in [2.45, 2.75) is 24.8 Å². The predicted octanol–water partition coefficient (Wildman–Crippen LogP) is 2.20. The molecule has 6 nitrogen and oxygen atoms in total. The van der Waals surface area contributed by atoms with Gasteiger partial charge in [0.2, 0.25) is 11.9 Å². The average Bonchev–Trinajstić information content (AvgIpc) is 2.55. The van der Waals surface area contributed by atoms with Crippen molar-refractivity contribution in [2.24, 2.45) is 0 Å². The highest BCUT2D eigenvalue weighted by atomic mass is 32.2. The van der Waals surface area contributed by atoms with Gasteiger partial charge >= 0.3 is 0 Å². The van der Waals surface area contributed by atoms with Crippen LogP contribution in [-0.4, -0.2) is 51.5 Å². The Labute approximate surface area is 147 Å². The van der Waals surface area contributed by atoms with Crippen molar-refractivity contribution in [3.63, 3.8) is 0 Å². The summed E-state index contributed by atoms with van der Waals surface area (Å²) in [5, 5.41) is 0.522. The van der Waals surface area contributed by atoms with Crippen molar-refractivity contribution < 1.29 is 0 Å². The van der Waals surface area contributed by atoms with Gasteiger partial charge in [0.1, 0.15) is 5.82 Å². The topological polar surface area (TPSA) is 71.2 Å². The smallest absolute Gasteiger partial charge is 0.229 e. The lowest BCUT2D eigenvalue weighted by atomic mass is 10.0. The molecule has 128 valence electrons. The number of nitrogens with zero attached hydrogens (tertiary/aromatic N) is 5. The SMILES string of the molecule is C[C@H]1SCCN(Cc2nc(N)nc(N(C)C)n2)[C@@H]1c1ccccc1. The van der Waals surface area contributed by atoms with E-state index in [4.69, 9.17) is 5.73 Å². The van der Waals surface area contributed by atoms with Gasteiger partial charge in [-0.3, -0.25) is 4.90 Å². The lowest BCUT2D eigenvalue weighted by Crippen LogP contribution is -2.40. The van der Waals surface area contributed by atoms with Crippen LogP contribution in [0.4, 0.5) is 11.9 Å². The molecule has 24 heavy (non-hydrogen) atoms. The molecule has 2 atom stereocenters. The molecular formula is C17H24N6S. The van der Waals surface area contributed by atoms with Crippen LogP contribution >= 0.6 is 11.8 Å². The van der Waals surface area contributed by atoms with Crippen LogP contribution in [0.3, 0.4) is 0 Å². The van der Waals surface area contributed by atoms with E-state index in [0.717, 1.165) is 18.1 Å². The molecule has 1 aromatic heterocycles. The Morgan fingerprint density at radius 3 is 2.67 bits per heavy atom. The summed E-state index contributed by atoms with van der Waals surface area (Å²) in [4.78, 5) is 17.4. The van der Waals surface area contributed by atoms with Crippen molar-refractivity contribution in [2.75, 3.05) is 37.0 Å². The van der Waals surface area contributed by atoms with Crippen LogP contribution in [0.25, 0.3) is 0 Å². The van der Waals surface area contributed by atoms with E-state index in [1.807, 2.05) is 30.8 Å². The summed E-state index contributed by atoms with van der Waals surface area (Å²) in [6, 6.07) is 11.0. The molecule has 3 rings (SSSR count). The summed E-state index contributed by atoms with van der Waals surface area (Å²) in [6.07, 6.45) is 0. The minimum atomic E-state index is 0.277. The molecule has 0 aliphatic carbocycles. The number of benzene rings is 1. The van der Waals surface area contributed by atoms with E-state index in [2.05, 4.69) is 57.1 Å². The van der Waals surface area contributed by atoms with Crippen LogP contribution in [0, 0.1) is 0 Å². The summed E-state index contributed by atoms with van der Waals surface area (Å²) < 4.78 is 0. The standard InChI is InChI=1S/C17H24N6S/c1-12-15(13-7-5-4-6-8-13)23(9-10-24-12)11-14-19-16(18)21-17(20-14)22(2)3/h4-8,12,15H,9-11H2,1-3H3,(H2,18,19,20,21)/t12-,15+/m1/s1. The van der Waals surface area contributed by atoms with Crippen molar-refractivity contribution in [3.05, 3.63) is 41.7 Å². The first-order valence-electron chi connectivity index (χ1n) is 8.13. The van der Waals surface area contributed by atoms with Gasteiger partial charge in [-0.2, -0.15) is 26.7 Å². The number of anilines is 2. The number of aromatic nitrogens is 3. The fourth-order valence-electron chi connectivity index (χ4n) is 3.07. The summed E-state index contributed by atoms with van der Waals surface area (Å²) in [5.74, 6) is 2.73. The van der Waals surface area contributed by atoms with E-state index in [1.165, 1.54) is 5.56 Å². The third-order valence-electron chi connectivity index (χ3n) is 4.17. The molecule has 1 aliphatic rings. The number of nitrogen functional groups attached to an aromatic ring is 1. The molecule has 7 heteroatoms. The molecule has 1 saturated heterocycles. The molecule has 2 heterocycles. The van der Waals surface area contributed by atoms with Crippen molar-refractivity contribution in [1.82, 2.24) is 19.9 Å².